The van der Waals surface area contributed by atoms with E-state index in [1.54, 1.807) is 7.11 Å². The summed E-state index contributed by atoms with van der Waals surface area (Å²) < 4.78 is 11.2. The van der Waals surface area contributed by atoms with Gasteiger partial charge in [0, 0.05) is 26.4 Å². The molecule has 1 atom stereocenters. The monoisotopic (exact) mass is 257 g/mol. The number of rotatable bonds is 7. The van der Waals surface area contributed by atoms with Gasteiger partial charge >= 0.3 is 0 Å². The van der Waals surface area contributed by atoms with Gasteiger partial charge < -0.3 is 15.2 Å². The lowest BCUT2D eigenvalue weighted by Crippen LogP contribution is -2.53. The normalized spacial score (nSPS) is 23.8. The lowest BCUT2D eigenvalue weighted by Gasteiger charge is -2.46. The van der Waals surface area contributed by atoms with Crippen LogP contribution in [0.4, 0.5) is 0 Å². The number of nitrogens with two attached hydrogens (primary N) is 1. The van der Waals surface area contributed by atoms with Gasteiger partial charge in [0.1, 0.15) is 0 Å². The van der Waals surface area contributed by atoms with Crippen molar-refractivity contribution in [2.75, 3.05) is 20.3 Å². The minimum Gasteiger partial charge on any atom is -0.385 e. The molecule has 1 rings (SSSR count). The number of hydrogen-bond donors (Lipinski definition) is 1. The molecule has 0 saturated heterocycles. The quantitative estimate of drug-likeness (QED) is 0.713. The van der Waals surface area contributed by atoms with Crippen LogP contribution in [0.15, 0.2) is 0 Å². The largest absolute Gasteiger partial charge is 0.385 e. The lowest BCUT2D eigenvalue weighted by molar-refractivity contribution is -0.101. The van der Waals surface area contributed by atoms with Crippen LogP contribution in [0.1, 0.15) is 59.3 Å². The van der Waals surface area contributed by atoms with E-state index in [4.69, 9.17) is 15.2 Å². The third kappa shape index (κ3) is 4.22. The van der Waals surface area contributed by atoms with Gasteiger partial charge in [-0.25, -0.2) is 0 Å². The second-order valence-corrected chi connectivity index (χ2v) is 6.40. The molecule has 1 saturated carbocycles. The maximum absolute atomic E-state index is 6.42. The molecule has 3 nitrogen and oxygen atoms in total. The third-order valence-electron chi connectivity index (χ3n) is 4.42. The molecule has 0 aromatic carbocycles. The maximum Gasteiger partial charge on any atom is 0.0832 e. The summed E-state index contributed by atoms with van der Waals surface area (Å²) in [5, 5.41) is 0. The van der Waals surface area contributed by atoms with Gasteiger partial charge in [0.25, 0.3) is 0 Å². The average Bonchev–Trinajstić information content (AvgIpc) is 2.33. The van der Waals surface area contributed by atoms with E-state index in [2.05, 4.69) is 20.8 Å². The van der Waals surface area contributed by atoms with Gasteiger partial charge in [-0.2, -0.15) is 0 Å². The van der Waals surface area contributed by atoms with Crippen LogP contribution in [0.5, 0.6) is 0 Å². The Morgan fingerprint density at radius 1 is 1.17 bits per heavy atom. The first-order valence-electron chi connectivity index (χ1n) is 7.34. The molecule has 1 unspecified atom stereocenters. The highest BCUT2D eigenvalue weighted by Gasteiger charge is 2.42. The van der Waals surface area contributed by atoms with Gasteiger partial charge in [0.05, 0.1) is 5.60 Å². The van der Waals surface area contributed by atoms with Crippen LogP contribution in [0.2, 0.25) is 0 Å². The van der Waals surface area contributed by atoms with Crippen LogP contribution in [0, 0.1) is 5.41 Å². The molecule has 0 spiro atoms. The van der Waals surface area contributed by atoms with E-state index in [1.807, 2.05) is 0 Å². The highest BCUT2D eigenvalue weighted by Crippen LogP contribution is 2.43. The second kappa shape index (κ2) is 6.88. The molecule has 2 N–H and O–H groups in total. The van der Waals surface area contributed by atoms with Crippen molar-refractivity contribution in [3.63, 3.8) is 0 Å². The molecule has 0 aliphatic heterocycles. The molecule has 18 heavy (non-hydrogen) atoms. The first-order chi connectivity index (χ1) is 8.46. The summed E-state index contributed by atoms with van der Waals surface area (Å²) >= 11 is 0. The summed E-state index contributed by atoms with van der Waals surface area (Å²) in [5.41, 5.74) is 6.78. The fourth-order valence-electron chi connectivity index (χ4n) is 2.97. The summed E-state index contributed by atoms with van der Waals surface area (Å²) in [6, 6.07) is 0.142. The SMILES string of the molecule is CCOC1(C(N)CCCOC)CCC(C)(C)CC1. The van der Waals surface area contributed by atoms with E-state index in [0.717, 1.165) is 38.9 Å². The van der Waals surface area contributed by atoms with Gasteiger partial charge in [-0.15, -0.1) is 0 Å². The summed E-state index contributed by atoms with van der Waals surface area (Å²) in [5.74, 6) is 0. The van der Waals surface area contributed by atoms with Gasteiger partial charge in [-0.3, -0.25) is 0 Å². The summed E-state index contributed by atoms with van der Waals surface area (Å²) in [4.78, 5) is 0. The van der Waals surface area contributed by atoms with E-state index in [1.165, 1.54) is 12.8 Å². The number of ether oxygens (including phenoxy) is 2. The van der Waals surface area contributed by atoms with Gasteiger partial charge in [0.2, 0.25) is 0 Å². The Kier molecular flexibility index (Phi) is 6.09. The maximum atomic E-state index is 6.42. The van der Waals surface area contributed by atoms with Crippen molar-refractivity contribution >= 4 is 0 Å². The van der Waals surface area contributed by atoms with Gasteiger partial charge in [0.15, 0.2) is 0 Å². The Morgan fingerprint density at radius 2 is 1.78 bits per heavy atom. The van der Waals surface area contributed by atoms with Crippen LogP contribution in [-0.2, 0) is 9.47 Å². The number of hydrogen-bond acceptors (Lipinski definition) is 3. The molecule has 3 heteroatoms. The molecule has 1 aliphatic carbocycles. The Bertz CT molecular complexity index is 231. The zero-order valence-electron chi connectivity index (χ0n) is 12.6. The van der Waals surface area contributed by atoms with E-state index in [0.29, 0.717) is 5.41 Å². The number of methoxy groups -OCH3 is 1. The molecular weight excluding hydrogens is 226 g/mol. The van der Waals surface area contributed by atoms with Crippen LogP contribution in [-0.4, -0.2) is 32.0 Å². The van der Waals surface area contributed by atoms with Gasteiger partial charge in [-0.1, -0.05) is 13.8 Å². The van der Waals surface area contributed by atoms with E-state index < -0.39 is 0 Å². The highest BCUT2D eigenvalue weighted by molar-refractivity contribution is 4.97. The van der Waals surface area contributed by atoms with Crippen LogP contribution in [0.25, 0.3) is 0 Å². The van der Waals surface area contributed by atoms with Gasteiger partial charge in [-0.05, 0) is 50.9 Å². The molecule has 0 radical (unpaired) electrons. The summed E-state index contributed by atoms with van der Waals surface area (Å²) in [6.45, 7) is 8.32. The predicted molar refractivity (Wildman–Crippen MR) is 75.7 cm³/mol. The standard InChI is InChI=1S/C15H31NO2/c1-5-18-15(13(16)7-6-12-17-4)10-8-14(2,3)9-11-15/h13H,5-12,16H2,1-4H3. The summed E-state index contributed by atoms with van der Waals surface area (Å²) in [6.07, 6.45) is 6.64. The minimum absolute atomic E-state index is 0.0853. The molecule has 0 amide bonds. The zero-order valence-corrected chi connectivity index (χ0v) is 12.6. The lowest BCUT2D eigenvalue weighted by atomic mass is 9.68. The van der Waals surface area contributed by atoms with Crippen LogP contribution >= 0.6 is 0 Å². The van der Waals surface area contributed by atoms with Crippen molar-refractivity contribution in [1.82, 2.24) is 0 Å². The average molecular weight is 257 g/mol. The van der Waals surface area contributed by atoms with Crippen LogP contribution < -0.4 is 5.73 Å². The molecule has 108 valence electrons. The van der Waals surface area contributed by atoms with E-state index in [-0.39, 0.29) is 11.6 Å². The molecule has 0 aromatic rings. The van der Waals surface area contributed by atoms with Crippen molar-refractivity contribution in [2.24, 2.45) is 11.1 Å². The van der Waals surface area contributed by atoms with Crippen molar-refractivity contribution in [2.45, 2.75) is 70.9 Å². The fourth-order valence-corrected chi connectivity index (χ4v) is 2.97. The van der Waals surface area contributed by atoms with Crippen molar-refractivity contribution in [3.05, 3.63) is 0 Å². The molecule has 0 heterocycles. The Morgan fingerprint density at radius 3 is 2.28 bits per heavy atom. The van der Waals surface area contributed by atoms with Crippen molar-refractivity contribution in [3.8, 4) is 0 Å². The Balaban J connectivity index is 2.57. The molecular formula is C15H31NO2. The highest BCUT2D eigenvalue weighted by atomic mass is 16.5. The molecule has 1 aliphatic rings. The second-order valence-electron chi connectivity index (χ2n) is 6.40. The smallest absolute Gasteiger partial charge is 0.0832 e. The molecule has 0 aromatic heterocycles. The Labute approximate surface area is 112 Å². The fraction of sp³-hybridized carbons (Fsp3) is 1.00. The molecule has 1 fully saturated rings. The zero-order chi connectivity index (χ0) is 13.6. The van der Waals surface area contributed by atoms with Crippen molar-refractivity contribution in [1.29, 1.82) is 0 Å². The first kappa shape index (κ1) is 15.9. The third-order valence-corrected chi connectivity index (χ3v) is 4.42. The first-order valence-corrected chi connectivity index (χ1v) is 7.34. The summed E-state index contributed by atoms with van der Waals surface area (Å²) in [7, 11) is 1.74. The molecule has 0 bridgehead atoms. The topological polar surface area (TPSA) is 44.5 Å². The van der Waals surface area contributed by atoms with Crippen LogP contribution in [0.3, 0.4) is 0 Å². The van der Waals surface area contributed by atoms with E-state index in [9.17, 15) is 0 Å². The van der Waals surface area contributed by atoms with Crippen molar-refractivity contribution < 1.29 is 9.47 Å². The Hall–Kier alpha value is -0.120. The predicted octanol–water partition coefficient (Wildman–Crippen LogP) is 3.12. The van der Waals surface area contributed by atoms with E-state index >= 15 is 0 Å². The minimum atomic E-state index is -0.0853.